The number of amides is 2. The average Bonchev–Trinajstić information content (AvgIpc) is 2.61. The number of ether oxygens (including phenoxy) is 1. The van der Waals surface area contributed by atoms with Gasteiger partial charge in [0.2, 0.25) is 5.91 Å². The lowest BCUT2D eigenvalue weighted by molar-refractivity contribution is -0.387. The molecule has 1 heterocycles. The van der Waals surface area contributed by atoms with E-state index in [2.05, 4.69) is 0 Å². The average molecular weight is 353 g/mol. The SMILES string of the molecule is CSc1ccc(C(=O)N(C)CC(=O)N2CCOCC2)cc1[N+](=O)[O-]. The minimum absolute atomic E-state index is 0.0725. The molecule has 8 nitrogen and oxygen atoms in total. The molecule has 130 valence electrons. The maximum absolute atomic E-state index is 12.4. The van der Waals surface area contributed by atoms with Crippen LogP contribution < -0.4 is 0 Å². The fraction of sp³-hybridized carbons (Fsp3) is 0.467. The summed E-state index contributed by atoms with van der Waals surface area (Å²) in [5, 5.41) is 11.1. The highest BCUT2D eigenvalue weighted by Crippen LogP contribution is 2.28. The summed E-state index contributed by atoms with van der Waals surface area (Å²) in [6, 6.07) is 4.34. The zero-order valence-electron chi connectivity index (χ0n) is 13.6. The van der Waals surface area contributed by atoms with Gasteiger partial charge in [0, 0.05) is 31.8 Å². The molecule has 0 bridgehead atoms. The first-order valence-electron chi connectivity index (χ1n) is 7.37. The van der Waals surface area contributed by atoms with Gasteiger partial charge in [-0.3, -0.25) is 19.7 Å². The van der Waals surface area contributed by atoms with Crippen LogP contribution in [-0.4, -0.2) is 72.7 Å². The van der Waals surface area contributed by atoms with Crippen LogP contribution in [-0.2, 0) is 9.53 Å². The first-order valence-corrected chi connectivity index (χ1v) is 8.60. The van der Waals surface area contributed by atoms with Crippen LogP contribution in [0.25, 0.3) is 0 Å². The van der Waals surface area contributed by atoms with Crippen LogP contribution in [0.4, 0.5) is 5.69 Å². The zero-order valence-corrected chi connectivity index (χ0v) is 14.4. The quantitative estimate of drug-likeness (QED) is 0.449. The van der Waals surface area contributed by atoms with Gasteiger partial charge in [-0.25, -0.2) is 0 Å². The van der Waals surface area contributed by atoms with E-state index in [9.17, 15) is 19.7 Å². The van der Waals surface area contributed by atoms with Crippen LogP contribution in [0.2, 0.25) is 0 Å². The number of thioether (sulfide) groups is 1. The Kier molecular flexibility index (Phi) is 6.16. The normalized spacial score (nSPS) is 14.3. The molecule has 24 heavy (non-hydrogen) atoms. The molecule has 0 atom stereocenters. The van der Waals surface area contributed by atoms with Crippen molar-refractivity contribution < 1.29 is 19.2 Å². The topological polar surface area (TPSA) is 93.0 Å². The molecule has 1 aromatic carbocycles. The maximum atomic E-state index is 12.4. The highest BCUT2D eigenvalue weighted by Gasteiger charge is 2.23. The van der Waals surface area contributed by atoms with E-state index in [1.807, 2.05) is 0 Å². The minimum atomic E-state index is -0.512. The lowest BCUT2D eigenvalue weighted by Gasteiger charge is -2.28. The number of benzene rings is 1. The van der Waals surface area contributed by atoms with Crippen molar-refractivity contribution in [1.29, 1.82) is 0 Å². The summed E-state index contributed by atoms with van der Waals surface area (Å²) in [6.07, 6.45) is 1.73. The summed E-state index contributed by atoms with van der Waals surface area (Å²) in [5.41, 5.74) is 0.0815. The highest BCUT2D eigenvalue weighted by atomic mass is 32.2. The number of carbonyl (C=O) groups is 2. The van der Waals surface area contributed by atoms with Gasteiger partial charge < -0.3 is 14.5 Å². The second-order valence-electron chi connectivity index (χ2n) is 5.30. The Labute approximate surface area is 143 Å². The number of hydrogen-bond acceptors (Lipinski definition) is 6. The van der Waals surface area contributed by atoms with Crippen LogP contribution >= 0.6 is 11.8 Å². The van der Waals surface area contributed by atoms with Crippen molar-refractivity contribution in [2.24, 2.45) is 0 Å². The summed E-state index contributed by atoms with van der Waals surface area (Å²) < 4.78 is 5.19. The number of hydrogen-bond donors (Lipinski definition) is 0. The maximum Gasteiger partial charge on any atom is 0.283 e. The van der Waals surface area contributed by atoms with Gasteiger partial charge in [0.1, 0.15) is 0 Å². The molecule has 0 spiro atoms. The van der Waals surface area contributed by atoms with E-state index in [0.717, 1.165) is 0 Å². The van der Waals surface area contributed by atoms with E-state index in [1.165, 1.54) is 35.8 Å². The Morgan fingerprint density at radius 2 is 2.04 bits per heavy atom. The van der Waals surface area contributed by atoms with E-state index < -0.39 is 10.8 Å². The Bertz CT molecular complexity index is 646. The van der Waals surface area contributed by atoms with E-state index in [4.69, 9.17) is 4.74 Å². The summed E-state index contributed by atoms with van der Waals surface area (Å²) in [7, 11) is 1.51. The molecule has 0 unspecified atom stereocenters. The molecule has 0 radical (unpaired) electrons. The summed E-state index contributed by atoms with van der Waals surface area (Å²) >= 11 is 1.24. The summed E-state index contributed by atoms with van der Waals surface area (Å²) in [4.78, 5) is 38.6. The Balaban J connectivity index is 2.08. The van der Waals surface area contributed by atoms with Crippen molar-refractivity contribution in [2.75, 3.05) is 46.2 Å². The van der Waals surface area contributed by atoms with Crippen LogP contribution in [0.1, 0.15) is 10.4 Å². The van der Waals surface area contributed by atoms with Gasteiger partial charge in [-0.15, -0.1) is 11.8 Å². The molecule has 0 saturated carbocycles. The first-order chi connectivity index (χ1) is 11.4. The fourth-order valence-corrected chi connectivity index (χ4v) is 2.92. The van der Waals surface area contributed by atoms with E-state index >= 15 is 0 Å². The highest BCUT2D eigenvalue weighted by molar-refractivity contribution is 7.98. The third kappa shape index (κ3) is 4.24. The van der Waals surface area contributed by atoms with Gasteiger partial charge in [-0.1, -0.05) is 0 Å². The summed E-state index contributed by atoms with van der Waals surface area (Å²) in [6.45, 7) is 1.93. The second-order valence-corrected chi connectivity index (χ2v) is 6.15. The smallest absolute Gasteiger partial charge is 0.283 e. The number of nitro benzene ring substituents is 1. The lowest BCUT2D eigenvalue weighted by Crippen LogP contribution is -2.46. The number of likely N-dealkylation sites (N-methyl/N-ethyl adjacent to an activating group) is 1. The molecule has 2 rings (SSSR count). The Morgan fingerprint density at radius 1 is 1.38 bits per heavy atom. The monoisotopic (exact) mass is 353 g/mol. The number of carbonyl (C=O) groups excluding carboxylic acids is 2. The van der Waals surface area contributed by atoms with Crippen molar-refractivity contribution in [3.63, 3.8) is 0 Å². The third-order valence-corrected chi connectivity index (χ3v) is 4.49. The Morgan fingerprint density at radius 3 is 2.62 bits per heavy atom. The molecular formula is C15H19N3O5S. The van der Waals surface area contributed by atoms with Crippen molar-refractivity contribution in [3.05, 3.63) is 33.9 Å². The molecule has 0 aliphatic carbocycles. The predicted molar refractivity (Wildman–Crippen MR) is 89.2 cm³/mol. The van der Waals surface area contributed by atoms with Crippen LogP contribution in [0.3, 0.4) is 0 Å². The number of nitrogens with zero attached hydrogens (tertiary/aromatic N) is 3. The summed E-state index contributed by atoms with van der Waals surface area (Å²) in [5.74, 6) is -0.586. The second kappa shape index (κ2) is 8.11. The van der Waals surface area contributed by atoms with Crippen molar-refractivity contribution in [1.82, 2.24) is 9.80 Å². The molecule has 1 aromatic rings. The Hall–Kier alpha value is -2.13. The standard InChI is InChI=1S/C15H19N3O5S/c1-16(10-14(19)17-5-7-23-8-6-17)15(20)11-3-4-13(24-2)12(9-11)18(21)22/h3-4,9H,5-8,10H2,1-2H3. The minimum Gasteiger partial charge on any atom is -0.378 e. The molecule has 0 aromatic heterocycles. The molecule has 1 aliphatic rings. The van der Waals surface area contributed by atoms with Gasteiger partial charge in [0.05, 0.1) is 29.6 Å². The number of morpholine rings is 1. The van der Waals surface area contributed by atoms with Gasteiger partial charge in [-0.2, -0.15) is 0 Å². The van der Waals surface area contributed by atoms with E-state index in [1.54, 1.807) is 17.2 Å². The molecular weight excluding hydrogens is 334 g/mol. The van der Waals surface area contributed by atoms with Crippen LogP contribution in [0, 0.1) is 10.1 Å². The van der Waals surface area contributed by atoms with Crippen molar-refractivity contribution in [2.45, 2.75) is 4.90 Å². The van der Waals surface area contributed by atoms with Crippen molar-refractivity contribution in [3.8, 4) is 0 Å². The van der Waals surface area contributed by atoms with Gasteiger partial charge in [-0.05, 0) is 18.4 Å². The van der Waals surface area contributed by atoms with Crippen LogP contribution in [0.5, 0.6) is 0 Å². The molecule has 1 saturated heterocycles. The first kappa shape index (κ1) is 18.2. The third-order valence-electron chi connectivity index (χ3n) is 3.71. The van der Waals surface area contributed by atoms with Gasteiger partial charge in [0.15, 0.2) is 0 Å². The fourth-order valence-electron chi connectivity index (χ4n) is 2.37. The number of nitro groups is 1. The zero-order chi connectivity index (χ0) is 17.7. The molecule has 0 N–H and O–H groups in total. The molecule has 2 amide bonds. The van der Waals surface area contributed by atoms with Gasteiger partial charge in [0.25, 0.3) is 11.6 Å². The van der Waals surface area contributed by atoms with E-state index in [0.29, 0.717) is 31.2 Å². The van der Waals surface area contributed by atoms with Crippen LogP contribution in [0.15, 0.2) is 23.1 Å². The van der Waals surface area contributed by atoms with E-state index in [-0.39, 0.29) is 23.7 Å². The molecule has 1 aliphatic heterocycles. The van der Waals surface area contributed by atoms with Gasteiger partial charge >= 0.3 is 0 Å². The number of rotatable bonds is 5. The van der Waals surface area contributed by atoms with Crippen molar-refractivity contribution >= 4 is 29.3 Å². The molecule has 9 heteroatoms. The lowest BCUT2D eigenvalue weighted by atomic mass is 10.1. The molecule has 1 fully saturated rings. The predicted octanol–water partition coefficient (Wildman–Crippen LogP) is 1.25. The largest absolute Gasteiger partial charge is 0.378 e.